The highest BCUT2D eigenvalue weighted by atomic mass is 16.5. The lowest BCUT2D eigenvalue weighted by Gasteiger charge is -2.50. The zero-order valence-electron chi connectivity index (χ0n) is 18.5. The molecule has 1 aliphatic rings. The van der Waals surface area contributed by atoms with Crippen LogP contribution >= 0.6 is 0 Å². The Balaban J connectivity index is 1.78. The van der Waals surface area contributed by atoms with Gasteiger partial charge in [0.05, 0.1) is 12.7 Å². The van der Waals surface area contributed by atoms with Gasteiger partial charge in [0.15, 0.2) is 0 Å². The van der Waals surface area contributed by atoms with Crippen LogP contribution in [0.2, 0.25) is 0 Å². The maximum atomic E-state index is 13.2. The molecule has 0 aliphatic carbocycles. The van der Waals surface area contributed by atoms with Crippen molar-refractivity contribution in [3.8, 4) is 5.75 Å². The fourth-order valence-electron chi connectivity index (χ4n) is 5.11. The minimum Gasteiger partial charge on any atom is -0.496 e. The van der Waals surface area contributed by atoms with Crippen LogP contribution in [0.15, 0.2) is 54.6 Å². The standard InChI is InChI=1S/C26H35NO3/c1-4-11-22-23(5-2)27(19-18-26(22,29)21-13-7-6-8-14-21)25(28)17-16-20-12-9-10-15-24(20)30-3/h6-10,12-15,22-23,29H,4-5,11,16-19H2,1-3H3/t22-,23+,26-/m1/s1. The number of hydrogen-bond acceptors (Lipinski definition) is 3. The van der Waals surface area contributed by atoms with Crippen molar-refractivity contribution in [1.82, 2.24) is 4.90 Å². The number of ether oxygens (including phenoxy) is 1. The highest BCUT2D eigenvalue weighted by molar-refractivity contribution is 5.77. The van der Waals surface area contributed by atoms with E-state index in [1.807, 2.05) is 59.5 Å². The Bertz CT molecular complexity index is 822. The molecule has 3 rings (SSSR count). The minimum atomic E-state index is -0.878. The van der Waals surface area contributed by atoms with Gasteiger partial charge in [-0.15, -0.1) is 0 Å². The van der Waals surface area contributed by atoms with E-state index in [0.717, 1.165) is 36.1 Å². The van der Waals surface area contributed by atoms with Gasteiger partial charge in [0.1, 0.15) is 5.75 Å². The predicted molar refractivity (Wildman–Crippen MR) is 120 cm³/mol. The highest BCUT2D eigenvalue weighted by Gasteiger charge is 2.48. The van der Waals surface area contributed by atoms with E-state index in [4.69, 9.17) is 4.74 Å². The van der Waals surface area contributed by atoms with Crippen LogP contribution in [0.25, 0.3) is 0 Å². The third-order valence-electron chi connectivity index (χ3n) is 6.62. The van der Waals surface area contributed by atoms with Crippen LogP contribution in [0.4, 0.5) is 0 Å². The Morgan fingerprint density at radius 3 is 2.50 bits per heavy atom. The van der Waals surface area contributed by atoms with Crippen LogP contribution in [-0.2, 0) is 16.8 Å². The number of carbonyl (C=O) groups is 1. The van der Waals surface area contributed by atoms with Crippen molar-refractivity contribution in [2.45, 2.75) is 64.0 Å². The van der Waals surface area contributed by atoms with Crippen molar-refractivity contribution < 1.29 is 14.6 Å². The number of piperidine rings is 1. The van der Waals surface area contributed by atoms with Gasteiger partial charge in [0.2, 0.25) is 5.91 Å². The van der Waals surface area contributed by atoms with Crippen molar-refractivity contribution in [2.24, 2.45) is 5.92 Å². The number of aliphatic hydroxyl groups is 1. The van der Waals surface area contributed by atoms with Gasteiger partial charge in [0, 0.05) is 24.9 Å². The van der Waals surface area contributed by atoms with E-state index in [9.17, 15) is 9.90 Å². The molecule has 1 fully saturated rings. The van der Waals surface area contributed by atoms with E-state index in [-0.39, 0.29) is 17.9 Å². The maximum absolute atomic E-state index is 13.2. The lowest BCUT2D eigenvalue weighted by molar-refractivity contribution is -0.151. The summed E-state index contributed by atoms with van der Waals surface area (Å²) in [5.74, 6) is 1.04. The van der Waals surface area contributed by atoms with E-state index >= 15 is 0 Å². The number of amides is 1. The number of aryl methyl sites for hydroxylation is 1. The Morgan fingerprint density at radius 2 is 1.83 bits per heavy atom. The molecule has 2 aromatic rings. The third-order valence-corrected chi connectivity index (χ3v) is 6.62. The number of methoxy groups -OCH3 is 1. The molecule has 4 heteroatoms. The monoisotopic (exact) mass is 409 g/mol. The van der Waals surface area contributed by atoms with E-state index in [1.54, 1.807) is 7.11 Å². The normalized spacial score (nSPS) is 23.9. The molecule has 4 nitrogen and oxygen atoms in total. The van der Waals surface area contributed by atoms with Gasteiger partial charge in [0.25, 0.3) is 0 Å². The van der Waals surface area contributed by atoms with Gasteiger partial charge in [-0.1, -0.05) is 68.8 Å². The summed E-state index contributed by atoms with van der Waals surface area (Å²) in [6.07, 6.45) is 4.44. The molecule has 1 heterocycles. The first-order valence-electron chi connectivity index (χ1n) is 11.2. The average Bonchev–Trinajstić information content (AvgIpc) is 2.79. The molecule has 1 saturated heterocycles. The summed E-state index contributed by atoms with van der Waals surface area (Å²) in [7, 11) is 1.66. The Hall–Kier alpha value is -2.33. The number of carbonyl (C=O) groups excluding carboxylic acids is 1. The summed E-state index contributed by atoms with van der Waals surface area (Å²) >= 11 is 0. The fourth-order valence-corrected chi connectivity index (χ4v) is 5.11. The summed E-state index contributed by atoms with van der Waals surface area (Å²) in [5, 5.41) is 11.8. The summed E-state index contributed by atoms with van der Waals surface area (Å²) in [5.41, 5.74) is 1.16. The van der Waals surface area contributed by atoms with Gasteiger partial charge >= 0.3 is 0 Å². The molecule has 0 unspecified atom stereocenters. The van der Waals surface area contributed by atoms with Crippen LogP contribution in [0.3, 0.4) is 0 Å². The highest BCUT2D eigenvalue weighted by Crippen LogP contribution is 2.44. The SMILES string of the molecule is CCC[C@@H]1[C@H](CC)N(C(=O)CCc2ccccc2OC)CC[C@@]1(O)c1ccccc1. The van der Waals surface area contributed by atoms with Crippen LogP contribution in [-0.4, -0.2) is 35.6 Å². The summed E-state index contributed by atoms with van der Waals surface area (Å²) in [6.45, 7) is 4.88. The quantitative estimate of drug-likeness (QED) is 0.672. The number of hydrogen-bond donors (Lipinski definition) is 1. The predicted octanol–water partition coefficient (Wildman–Crippen LogP) is 4.94. The van der Waals surface area contributed by atoms with E-state index < -0.39 is 5.60 Å². The third kappa shape index (κ3) is 4.54. The molecule has 0 radical (unpaired) electrons. The lowest BCUT2D eigenvalue weighted by atomic mass is 9.69. The number of benzene rings is 2. The Labute approximate surface area is 180 Å². The molecular formula is C26H35NO3. The molecule has 1 N–H and O–H groups in total. The molecule has 0 bridgehead atoms. The van der Waals surface area contributed by atoms with Crippen LogP contribution in [0.5, 0.6) is 5.75 Å². The van der Waals surface area contributed by atoms with E-state index in [2.05, 4.69) is 13.8 Å². The van der Waals surface area contributed by atoms with Gasteiger partial charge in [-0.3, -0.25) is 4.79 Å². The maximum Gasteiger partial charge on any atom is 0.223 e. The molecule has 0 spiro atoms. The molecular weight excluding hydrogens is 374 g/mol. The zero-order chi connectivity index (χ0) is 21.6. The second-order valence-electron chi connectivity index (χ2n) is 8.31. The summed E-state index contributed by atoms with van der Waals surface area (Å²) < 4.78 is 5.43. The largest absolute Gasteiger partial charge is 0.496 e. The van der Waals surface area contributed by atoms with Gasteiger partial charge in [-0.25, -0.2) is 0 Å². The molecule has 3 atom stereocenters. The molecule has 1 amide bonds. The van der Waals surface area contributed by atoms with Crippen molar-refractivity contribution >= 4 is 5.91 Å². The van der Waals surface area contributed by atoms with Crippen LogP contribution < -0.4 is 4.74 Å². The summed E-state index contributed by atoms with van der Waals surface area (Å²) in [6, 6.07) is 17.9. The Kier molecular flexibility index (Phi) is 7.54. The van der Waals surface area contributed by atoms with Crippen LogP contribution in [0, 0.1) is 5.92 Å². The summed E-state index contributed by atoms with van der Waals surface area (Å²) in [4.78, 5) is 15.3. The molecule has 30 heavy (non-hydrogen) atoms. The van der Waals surface area contributed by atoms with E-state index in [0.29, 0.717) is 25.8 Å². The molecule has 162 valence electrons. The zero-order valence-corrected chi connectivity index (χ0v) is 18.5. The average molecular weight is 410 g/mol. The Morgan fingerprint density at radius 1 is 1.13 bits per heavy atom. The molecule has 0 aromatic heterocycles. The second kappa shape index (κ2) is 10.1. The smallest absolute Gasteiger partial charge is 0.223 e. The van der Waals surface area contributed by atoms with Gasteiger partial charge in [-0.2, -0.15) is 0 Å². The first kappa shape index (κ1) is 22.4. The number of nitrogens with zero attached hydrogens (tertiary/aromatic N) is 1. The van der Waals surface area contributed by atoms with Crippen molar-refractivity contribution in [3.63, 3.8) is 0 Å². The van der Waals surface area contributed by atoms with E-state index in [1.165, 1.54) is 0 Å². The number of para-hydroxylation sites is 1. The van der Waals surface area contributed by atoms with Crippen LogP contribution in [0.1, 0.15) is 57.1 Å². The second-order valence-corrected chi connectivity index (χ2v) is 8.31. The first-order valence-corrected chi connectivity index (χ1v) is 11.2. The first-order chi connectivity index (χ1) is 14.5. The molecule has 2 aromatic carbocycles. The van der Waals surface area contributed by atoms with Gasteiger partial charge in [-0.05, 0) is 42.9 Å². The minimum absolute atomic E-state index is 0.0406. The lowest BCUT2D eigenvalue weighted by Crippen LogP contribution is -2.57. The van der Waals surface area contributed by atoms with Crippen molar-refractivity contribution in [2.75, 3.05) is 13.7 Å². The van der Waals surface area contributed by atoms with Crippen molar-refractivity contribution in [1.29, 1.82) is 0 Å². The van der Waals surface area contributed by atoms with Gasteiger partial charge < -0.3 is 14.7 Å². The fraction of sp³-hybridized carbons (Fsp3) is 0.500. The molecule has 1 aliphatic heterocycles. The van der Waals surface area contributed by atoms with Crippen molar-refractivity contribution in [3.05, 3.63) is 65.7 Å². The number of rotatable bonds is 8. The topological polar surface area (TPSA) is 49.8 Å². The molecule has 0 saturated carbocycles. The number of likely N-dealkylation sites (tertiary alicyclic amines) is 1.